The van der Waals surface area contributed by atoms with E-state index in [1.54, 1.807) is 36.3 Å². The zero-order valence-electron chi connectivity index (χ0n) is 18.4. The van der Waals surface area contributed by atoms with Crippen molar-refractivity contribution in [3.05, 3.63) is 89.5 Å². The van der Waals surface area contributed by atoms with Crippen molar-refractivity contribution >= 4 is 17.7 Å². The number of carbonyl (C=O) groups excluding carboxylic acids is 1. The van der Waals surface area contributed by atoms with Gasteiger partial charge in [0.2, 0.25) is 0 Å². The number of amides is 1. The van der Waals surface area contributed by atoms with Crippen molar-refractivity contribution in [1.82, 2.24) is 0 Å². The van der Waals surface area contributed by atoms with Crippen LogP contribution in [-0.2, 0) is 11.2 Å². The van der Waals surface area contributed by atoms with E-state index < -0.39 is 0 Å². The first kappa shape index (κ1) is 22.0. The molecule has 0 bridgehead atoms. The van der Waals surface area contributed by atoms with Crippen molar-refractivity contribution in [3.8, 4) is 23.3 Å². The molecule has 0 fully saturated rings. The molecule has 0 saturated carbocycles. The molecule has 0 atom stereocenters. The summed E-state index contributed by atoms with van der Waals surface area (Å²) < 4.78 is 16.9. The van der Waals surface area contributed by atoms with Gasteiger partial charge < -0.3 is 19.1 Å². The van der Waals surface area contributed by atoms with Crippen molar-refractivity contribution in [2.75, 3.05) is 31.8 Å². The summed E-state index contributed by atoms with van der Waals surface area (Å²) in [5.74, 6) is 1.55. The van der Waals surface area contributed by atoms with Gasteiger partial charge in [0.05, 0.1) is 7.11 Å². The third kappa shape index (κ3) is 5.16. The summed E-state index contributed by atoms with van der Waals surface area (Å²) in [5, 5.41) is 9.65. The van der Waals surface area contributed by atoms with Gasteiger partial charge in [0.15, 0.2) is 11.5 Å². The Labute approximate surface area is 193 Å². The van der Waals surface area contributed by atoms with E-state index in [-0.39, 0.29) is 11.5 Å². The van der Waals surface area contributed by atoms with E-state index in [0.29, 0.717) is 36.8 Å². The molecule has 1 aliphatic heterocycles. The van der Waals surface area contributed by atoms with Crippen molar-refractivity contribution in [1.29, 1.82) is 5.26 Å². The third-order valence-electron chi connectivity index (χ3n) is 5.33. The van der Waals surface area contributed by atoms with Crippen LogP contribution in [0.3, 0.4) is 0 Å². The second kappa shape index (κ2) is 10.4. The fourth-order valence-electron chi connectivity index (χ4n) is 3.72. The van der Waals surface area contributed by atoms with E-state index in [4.69, 9.17) is 14.2 Å². The molecule has 0 unspecified atom stereocenters. The number of hydrogen-bond acceptors (Lipinski definition) is 5. The number of ether oxygens (including phenoxy) is 3. The van der Waals surface area contributed by atoms with Crippen molar-refractivity contribution < 1.29 is 19.0 Å². The summed E-state index contributed by atoms with van der Waals surface area (Å²) in [5.41, 5.74) is 2.72. The van der Waals surface area contributed by atoms with E-state index in [2.05, 4.69) is 0 Å². The fourth-order valence-corrected chi connectivity index (χ4v) is 3.72. The first-order valence-electron chi connectivity index (χ1n) is 10.7. The molecule has 0 aromatic heterocycles. The summed E-state index contributed by atoms with van der Waals surface area (Å²) >= 11 is 0. The van der Waals surface area contributed by atoms with Crippen LogP contribution in [0.1, 0.15) is 11.1 Å². The molecule has 3 aromatic carbocycles. The lowest BCUT2D eigenvalue weighted by molar-refractivity contribution is -0.114. The summed E-state index contributed by atoms with van der Waals surface area (Å²) in [6, 6.07) is 24.6. The number of nitrogens with zero attached hydrogens (tertiary/aromatic N) is 2. The molecule has 4 rings (SSSR count). The first-order valence-corrected chi connectivity index (χ1v) is 10.7. The van der Waals surface area contributed by atoms with Gasteiger partial charge in [-0.15, -0.1) is 0 Å². The Hall–Kier alpha value is -4.24. The minimum Gasteiger partial charge on any atom is -0.493 e. The van der Waals surface area contributed by atoms with E-state index in [1.807, 2.05) is 60.7 Å². The van der Waals surface area contributed by atoms with Gasteiger partial charge in [-0.2, -0.15) is 5.26 Å². The van der Waals surface area contributed by atoms with Gasteiger partial charge in [-0.3, -0.25) is 4.79 Å². The largest absolute Gasteiger partial charge is 0.493 e. The number of nitriles is 1. The lowest BCUT2D eigenvalue weighted by Gasteiger charge is -2.16. The van der Waals surface area contributed by atoms with Gasteiger partial charge in [-0.25, -0.2) is 0 Å². The average Bonchev–Trinajstić information content (AvgIpc) is 3.30. The Kier molecular flexibility index (Phi) is 6.91. The van der Waals surface area contributed by atoms with Gasteiger partial charge in [0, 0.05) is 12.2 Å². The van der Waals surface area contributed by atoms with Crippen molar-refractivity contribution in [3.63, 3.8) is 0 Å². The minimum absolute atomic E-state index is 0.0682. The molecule has 6 heteroatoms. The monoisotopic (exact) mass is 440 g/mol. The topological polar surface area (TPSA) is 71.8 Å². The minimum atomic E-state index is -0.306. The van der Waals surface area contributed by atoms with E-state index in [0.717, 1.165) is 23.4 Å². The Morgan fingerprint density at radius 3 is 2.55 bits per heavy atom. The average molecular weight is 440 g/mol. The number of methoxy groups -OCH3 is 1. The molecule has 1 amide bonds. The maximum Gasteiger partial charge on any atom is 0.268 e. The number of para-hydroxylation sites is 2. The van der Waals surface area contributed by atoms with Crippen LogP contribution in [-0.4, -0.2) is 32.8 Å². The highest BCUT2D eigenvalue weighted by Gasteiger charge is 2.26. The first-order chi connectivity index (χ1) is 16.2. The van der Waals surface area contributed by atoms with E-state index in [9.17, 15) is 10.1 Å². The number of rotatable bonds is 8. The maximum atomic E-state index is 13.0. The van der Waals surface area contributed by atoms with Crippen LogP contribution in [0, 0.1) is 11.3 Å². The summed E-state index contributed by atoms with van der Waals surface area (Å²) in [6.45, 7) is 1.30. The highest BCUT2D eigenvalue weighted by atomic mass is 16.5. The van der Waals surface area contributed by atoms with Crippen LogP contribution in [0.15, 0.2) is 78.4 Å². The Morgan fingerprint density at radius 1 is 1.00 bits per heavy atom. The number of benzene rings is 3. The van der Waals surface area contributed by atoms with Gasteiger partial charge in [-0.05, 0) is 54.0 Å². The number of anilines is 1. The molecule has 6 nitrogen and oxygen atoms in total. The normalized spacial score (nSPS) is 12.6. The zero-order chi connectivity index (χ0) is 23.0. The second-order valence-corrected chi connectivity index (χ2v) is 7.43. The second-order valence-electron chi connectivity index (χ2n) is 7.43. The number of carbonyl (C=O) groups is 1. The lowest BCUT2D eigenvalue weighted by atomic mass is 10.1. The van der Waals surface area contributed by atoms with Crippen LogP contribution < -0.4 is 19.1 Å². The smallest absolute Gasteiger partial charge is 0.268 e. The molecule has 0 spiro atoms. The van der Waals surface area contributed by atoms with E-state index >= 15 is 0 Å². The molecular formula is C27H24N2O4. The van der Waals surface area contributed by atoms with Gasteiger partial charge in [0.1, 0.15) is 30.6 Å². The number of hydrogen-bond donors (Lipinski definition) is 0. The van der Waals surface area contributed by atoms with Crippen molar-refractivity contribution in [2.24, 2.45) is 0 Å². The highest BCUT2D eigenvalue weighted by molar-refractivity contribution is 6.12. The van der Waals surface area contributed by atoms with Crippen LogP contribution in [0.4, 0.5) is 5.69 Å². The third-order valence-corrected chi connectivity index (χ3v) is 5.33. The van der Waals surface area contributed by atoms with Gasteiger partial charge in [-0.1, -0.05) is 42.5 Å². The van der Waals surface area contributed by atoms with Crippen LogP contribution in [0.2, 0.25) is 0 Å². The maximum absolute atomic E-state index is 13.0. The molecule has 0 aliphatic carbocycles. The Morgan fingerprint density at radius 2 is 1.76 bits per heavy atom. The zero-order valence-corrected chi connectivity index (χ0v) is 18.4. The standard InChI is InChI=1S/C27H24N2O4/c1-31-26-18-20(11-12-25(26)33-16-15-32-23-8-3-2-4-9-23)17-22(19-28)27(30)29-14-13-21-7-5-6-10-24(21)29/h2-12,17-18H,13-16H2,1H3/b22-17+. The van der Waals surface area contributed by atoms with Crippen LogP contribution in [0.5, 0.6) is 17.2 Å². The van der Waals surface area contributed by atoms with Crippen LogP contribution >= 0.6 is 0 Å². The van der Waals surface area contributed by atoms with Gasteiger partial charge >= 0.3 is 0 Å². The molecular weight excluding hydrogens is 416 g/mol. The quantitative estimate of drug-likeness (QED) is 0.290. The van der Waals surface area contributed by atoms with E-state index in [1.165, 1.54) is 0 Å². The predicted molar refractivity (Wildman–Crippen MR) is 127 cm³/mol. The summed E-state index contributed by atoms with van der Waals surface area (Å²) in [4.78, 5) is 14.7. The molecule has 33 heavy (non-hydrogen) atoms. The molecule has 3 aromatic rings. The fraction of sp³-hybridized carbons (Fsp3) is 0.185. The molecule has 0 N–H and O–H groups in total. The van der Waals surface area contributed by atoms with Gasteiger partial charge in [0.25, 0.3) is 5.91 Å². The SMILES string of the molecule is COc1cc(/C=C(\C#N)C(=O)N2CCc3ccccc32)ccc1OCCOc1ccccc1. The molecule has 0 radical (unpaired) electrons. The molecule has 166 valence electrons. The molecule has 1 heterocycles. The Balaban J connectivity index is 1.43. The predicted octanol–water partition coefficient (Wildman–Crippen LogP) is 4.65. The highest BCUT2D eigenvalue weighted by Crippen LogP contribution is 2.31. The lowest BCUT2D eigenvalue weighted by Crippen LogP contribution is -2.29. The molecule has 0 saturated heterocycles. The van der Waals surface area contributed by atoms with Crippen LogP contribution in [0.25, 0.3) is 6.08 Å². The molecule has 1 aliphatic rings. The Bertz CT molecular complexity index is 1200. The summed E-state index contributed by atoms with van der Waals surface area (Å²) in [7, 11) is 1.55. The summed E-state index contributed by atoms with van der Waals surface area (Å²) in [6.07, 6.45) is 2.36. The van der Waals surface area contributed by atoms with Crippen molar-refractivity contribution in [2.45, 2.75) is 6.42 Å². The number of fused-ring (bicyclic) bond motifs is 1.